The van der Waals surface area contributed by atoms with Crippen molar-refractivity contribution < 1.29 is 19.1 Å². The van der Waals surface area contributed by atoms with Crippen LogP contribution in [0.3, 0.4) is 0 Å². The number of nitrogens with one attached hydrogen (secondary N) is 1. The molecule has 1 aromatic carbocycles. The second-order valence-electron chi connectivity index (χ2n) is 6.46. The fourth-order valence-corrected chi connectivity index (χ4v) is 2.45. The van der Waals surface area contributed by atoms with Crippen LogP contribution >= 0.6 is 0 Å². The van der Waals surface area contributed by atoms with E-state index in [4.69, 9.17) is 9.47 Å². The van der Waals surface area contributed by atoms with E-state index in [0.717, 1.165) is 5.56 Å². The largest absolute Gasteiger partial charge is 0.493 e. The van der Waals surface area contributed by atoms with Crippen molar-refractivity contribution in [2.75, 3.05) is 26.0 Å². The molecule has 0 aliphatic carbocycles. The molecule has 144 valence electrons. The lowest BCUT2D eigenvalue weighted by Crippen LogP contribution is -2.35. The summed E-state index contributed by atoms with van der Waals surface area (Å²) in [4.78, 5) is 30.2. The van der Waals surface area contributed by atoms with Crippen LogP contribution in [0.25, 0.3) is 0 Å². The average Bonchev–Trinajstić information content (AvgIpc) is 2.60. The first-order valence-electron chi connectivity index (χ1n) is 8.62. The number of aromatic nitrogens is 1. The molecular weight excluding hydrogens is 346 g/mol. The Bertz CT molecular complexity index is 821. The Kier molecular flexibility index (Phi) is 6.76. The van der Waals surface area contributed by atoms with Gasteiger partial charge in [-0.1, -0.05) is 0 Å². The van der Waals surface area contributed by atoms with Crippen molar-refractivity contribution in [1.82, 2.24) is 9.88 Å². The van der Waals surface area contributed by atoms with Crippen molar-refractivity contribution >= 4 is 17.6 Å². The first-order chi connectivity index (χ1) is 12.8. The predicted octanol–water partition coefficient (Wildman–Crippen LogP) is 2.90. The normalized spacial score (nSPS) is 10.4. The number of amides is 2. The van der Waals surface area contributed by atoms with Crippen molar-refractivity contribution in [3.63, 3.8) is 0 Å². The molecule has 1 heterocycles. The van der Waals surface area contributed by atoms with Gasteiger partial charge in [-0.05, 0) is 56.7 Å². The minimum absolute atomic E-state index is 0.0120. The molecular formula is C20H25N3O4. The topological polar surface area (TPSA) is 80.8 Å². The Hall–Kier alpha value is -3.09. The zero-order chi connectivity index (χ0) is 20.0. The summed E-state index contributed by atoms with van der Waals surface area (Å²) < 4.78 is 11.0. The lowest BCUT2D eigenvalue weighted by Gasteiger charge is -2.18. The molecule has 0 spiro atoms. The van der Waals surface area contributed by atoms with E-state index in [1.807, 2.05) is 26.8 Å². The highest BCUT2D eigenvalue weighted by molar-refractivity contribution is 5.99. The Morgan fingerprint density at radius 1 is 1.19 bits per heavy atom. The molecule has 2 amide bonds. The van der Waals surface area contributed by atoms with Gasteiger partial charge < -0.3 is 19.7 Å². The maximum absolute atomic E-state index is 12.6. The number of methoxy groups -OCH3 is 1. The van der Waals surface area contributed by atoms with Crippen LogP contribution in [0.1, 0.15) is 29.8 Å². The van der Waals surface area contributed by atoms with Crippen molar-refractivity contribution in [2.24, 2.45) is 0 Å². The lowest BCUT2D eigenvalue weighted by atomic mass is 10.1. The quantitative estimate of drug-likeness (QED) is 0.809. The highest BCUT2D eigenvalue weighted by Gasteiger charge is 2.18. The number of aryl methyl sites for hydroxylation is 1. The van der Waals surface area contributed by atoms with Crippen LogP contribution in [0.5, 0.6) is 11.5 Å². The van der Waals surface area contributed by atoms with Crippen LogP contribution in [0.15, 0.2) is 36.5 Å². The van der Waals surface area contributed by atoms with E-state index >= 15 is 0 Å². The van der Waals surface area contributed by atoms with Crippen LogP contribution in [-0.2, 0) is 4.79 Å². The van der Waals surface area contributed by atoms with Crippen molar-refractivity contribution in [1.29, 1.82) is 0 Å². The maximum atomic E-state index is 12.6. The molecule has 0 unspecified atom stereocenters. The fourth-order valence-electron chi connectivity index (χ4n) is 2.45. The number of ether oxygens (including phenoxy) is 2. The summed E-state index contributed by atoms with van der Waals surface area (Å²) in [6.07, 6.45) is 1.61. The number of hydrogen-bond donors (Lipinski definition) is 1. The summed E-state index contributed by atoms with van der Waals surface area (Å²) >= 11 is 0. The van der Waals surface area contributed by atoms with Crippen LogP contribution in [0, 0.1) is 6.92 Å². The van der Waals surface area contributed by atoms with E-state index in [-0.39, 0.29) is 24.5 Å². The second-order valence-corrected chi connectivity index (χ2v) is 6.46. The SMILES string of the molecule is COc1cc(C(=O)N(C)CC(=O)Nc2cc(C)ccn2)ccc1OC(C)C. The zero-order valence-electron chi connectivity index (χ0n) is 16.3. The molecule has 1 N–H and O–H groups in total. The smallest absolute Gasteiger partial charge is 0.254 e. The lowest BCUT2D eigenvalue weighted by molar-refractivity contribution is -0.116. The average molecular weight is 371 g/mol. The number of pyridine rings is 1. The number of carbonyl (C=O) groups excluding carboxylic acids is 2. The summed E-state index contributed by atoms with van der Waals surface area (Å²) in [5.41, 5.74) is 1.40. The number of anilines is 1. The van der Waals surface area contributed by atoms with E-state index in [1.165, 1.54) is 12.0 Å². The first kappa shape index (κ1) is 20.2. The number of nitrogens with zero attached hydrogens (tertiary/aromatic N) is 2. The highest BCUT2D eigenvalue weighted by atomic mass is 16.5. The third-order valence-corrected chi connectivity index (χ3v) is 3.68. The number of carbonyl (C=O) groups is 2. The molecule has 27 heavy (non-hydrogen) atoms. The Morgan fingerprint density at radius 2 is 1.93 bits per heavy atom. The van der Waals surface area contributed by atoms with Gasteiger partial charge in [0.05, 0.1) is 19.8 Å². The molecule has 0 radical (unpaired) electrons. The summed E-state index contributed by atoms with van der Waals surface area (Å²) in [6.45, 7) is 5.63. The van der Waals surface area contributed by atoms with Gasteiger partial charge in [0.25, 0.3) is 5.91 Å². The van der Waals surface area contributed by atoms with E-state index in [9.17, 15) is 9.59 Å². The molecule has 0 saturated heterocycles. The van der Waals surface area contributed by atoms with E-state index in [1.54, 1.807) is 37.5 Å². The Morgan fingerprint density at radius 3 is 2.56 bits per heavy atom. The molecule has 0 bridgehead atoms. The van der Waals surface area contributed by atoms with Gasteiger partial charge in [-0.3, -0.25) is 9.59 Å². The van der Waals surface area contributed by atoms with Crippen molar-refractivity contribution in [2.45, 2.75) is 26.9 Å². The molecule has 0 fully saturated rings. The van der Waals surface area contributed by atoms with E-state index < -0.39 is 0 Å². The van der Waals surface area contributed by atoms with Gasteiger partial charge in [0, 0.05) is 18.8 Å². The van der Waals surface area contributed by atoms with Crippen molar-refractivity contribution in [3.8, 4) is 11.5 Å². The maximum Gasteiger partial charge on any atom is 0.254 e. The van der Waals surface area contributed by atoms with Crippen LogP contribution < -0.4 is 14.8 Å². The standard InChI is InChI=1S/C20H25N3O4/c1-13(2)27-16-7-6-15(11-17(16)26-5)20(25)23(4)12-19(24)22-18-10-14(3)8-9-21-18/h6-11,13H,12H2,1-5H3,(H,21,22,24). The second kappa shape index (κ2) is 9.02. The van der Waals surface area contributed by atoms with Gasteiger partial charge in [0.1, 0.15) is 5.82 Å². The van der Waals surface area contributed by atoms with Crippen LogP contribution in [0.4, 0.5) is 5.82 Å². The minimum Gasteiger partial charge on any atom is -0.493 e. The summed E-state index contributed by atoms with van der Waals surface area (Å²) in [6, 6.07) is 8.55. The van der Waals surface area contributed by atoms with Gasteiger partial charge in [-0.15, -0.1) is 0 Å². The predicted molar refractivity (Wildman–Crippen MR) is 103 cm³/mol. The summed E-state index contributed by atoms with van der Waals surface area (Å²) in [5, 5.41) is 2.68. The third-order valence-electron chi connectivity index (χ3n) is 3.68. The molecule has 0 atom stereocenters. The van der Waals surface area contributed by atoms with Gasteiger partial charge in [-0.25, -0.2) is 4.98 Å². The molecule has 7 heteroatoms. The minimum atomic E-state index is -0.323. The van der Waals surface area contributed by atoms with Crippen LogP contribution in [0.2, 0.25) is 0 Å². The monoisotopic (exact) mass is 371 g/mol. The summed E-state index contributed by atoms with van der Waals surface area (Å²) in [5.74, 6) is 0.872. The van der Waals surface area contributed by atoms with Gasteiger partial charge in [-0.2, -0.15) is 0 Å². The number of likely N-dealkylation sites (N-methyl/N-ethyl adjacent to an activating group) is 1. The third kappa shape index (κ3) is 5.70. The Labute approximate surface area is 159 Å². The van der Waals surface area contributed by atoms with Crippen LogP contribution in [-0.4, -0.2) is 48.5 Å². The number of hydrogen-bond acceptors (Lipinski definition) is 5. The van der Waals surface area contributed by atoms with E-state index in [0.29, 0.717) is 22.9 Å². The Balaban J connectivity index is 2.04. The number of benzene rings is 1. The molecule has 1 aromatic heterocycles. The zero-order valence-corrected chi connectivity index (χ0v) is 16.3. The van der Waals surface area contributed by atoms with Gasteiger partial charge >= 0.3 is 0 Å². The summed E-state index contributed by atoms with van der Waals surface area (Å²) in [7, 11) is 3.08. The van der Waals surface area contributed by atoms with Gasteiger partial charge in [0.2, 0.25) is 5.91 Å². The molecule has 2 aromatic rings. The number of rotatable bonds is 7. The molecule has 2 rings (SSSR count). The highest BCUT2D eigenvalue weighted by Crippen LogP contribution is 2.29. The molecule has 0 saturated carbocycles. The first-order valence-corrected chi connectivity index (χ1v) is 8.62. The van der Waals surface area contributed by atoms with E-state index in [2.05, 4.69) is 10.3 Å². The fraction of sp³-hybridized carbons (Fsp3) is 0.350. The molecule has 0 aliphatic heterocycles. The van der Waals surface area contributed by atoms with Crippen molar-refractivity contribution in [3.05, 3.63) is 47.7 Å². The molecule has 0 aliphatic rings. The van der Waals surface area contributed by atoms with Gasteiger partial charge in [0.15, 0.2) is 11.5 Å². The molecule has 7 nitrogen and oxygen atoms in total.